The molecule has 1 saturated heterocycles. The zero-order chi connectivity index (χ0) is 13.3. The molecule has 2 N–H and O–H groups in total. The van der Waals surface area contributed by atoms with Crippen LogP contribution in [0.25, 0.3) is 0 Å². The van der Waals surface area contributed by atoms with Crippen molar-refractivity contribution in [1.82, 2.24) is 9.91 Å². The first kappa shape index (κ1) is 12.9. The van der Waals surface area contributed by atoms with E-state index in [2.05, 4.69) is 32.9 Å². The summed E-state index contributed by atoms with van der Waals surface area (Å²) in [6.45, 7) is 8.40. The number of carbonyl (C=O) groups excluding carboxylic acids is 1. The largest absolute Gasteiger partial charge is 0.334 e. The molecule has 1 aromatic carbocycles. The van der Waals surface area contributed by atoms with E-state index in [0.29, 0.717) is 13.1 Å². The molecule has 0 aromatic heterocycles. The van der Waals surface area contributed by atoms with Crippen LogP contribution in [0.5, 0.6) is 0 Å². The summed E-state index contributed by atoms with van der Waals surface area (Å²) in [5, 5.41) is 1.31. The van der Waals surface area contributed by atoms with E-state index in [-0.39, 0.29) is 6.03 Å². The van der Waals surface area contributed by atoms with Gasteiger partial charge < -0.3 is 4.90 Å². The molecular weight excluding hydrogens is 226 g/mol. The Bertz CT molecular complexity index is 447. The lowest BCUT2D eigenvalue weighted by Crippen LogP contribution is -2.52. The van der Waals surface area contributed by atoms with E-state index in [9.17, 15) is 4.79 Å². The molecule has 2 amide bonds. The van der Waals surface area contributed by atoms with Gasteiger partial charge in [0.15, 0.2) is 0 Å². The minimum Gasteiger partial charge on any atom is -0.319 e. The summed E-state index contributed by atoms with van der Waals surface area (Å²) >= 11 is 0. The molecule has 18 heavy (non-hydrogen) atoms. The molecule has 1 fully saturated rings. The van der Waals surface area contributed by atoms with Crippen molar-refractivity contribution < 1.29 is 4.79 Å². The van der Waals surface area contributed by atoms with Gasteiger partial charge in [0.1, 0.15) is 0 Å². The molecule has 0 aliphatic carbocycles. The normalized spacial score (nSPS) is 16.3. The molecule has 0 spiro atoms. The van der Waals surface area contributed by atoms with Crippen LogP contribution >= 0.6 is 0 Å². The van der Waals surface area contributed by atoms with Crippen molar-refractivity contribution in [3.05, 3.63) is 34.4 Å². The molecule has 1 aromatic rings. The molecule has 0 radical (unpaired) electrons. The smallest absolute Gasteiger partial charge is 0.319 e. The minimum atomic E-state index is -0.0689. The van der Waals surface area contributed by atoms with Gasteiger partial charge in [-0.2, -0.15) is 0 Å². The van der Waals surface area contributed by atoms with Crippen molar-refractivity contribution in [2.24, 2.45) is 5.84 Å². The number of urea groups is 1. The Morgan fingerprint density at radius 2 is 1.78 bits per heavy atom. The number of hydrogen-bond acceptors (Lipinski definition) is 2. The van der Waals surface area contributed by atoms with Gasteiger partial charge in [0.25, 0.3) is 0 Å². The van der Waals surface area contributed by atoms with Crippen molar-refractivity contribution in [3.63, 3.8) is 0 Å². The van der Waals surface area contributed by atoms with Gasteiger partial charge in [0, 0.05) is 19.6 Å². The molecule has 2 rings (SSSR count). The van der Waals surface area contributed by atoms with Crippen molar-refractivity contribution in [3.8, 4) is 0 Å². The average molecular weight is 247 g/mol. The molecule has 1 aliphatic heterocycles. The number of nitrogens with two attached hydrogens (primary N) is 1. The van der Waals surface area contributed by atoms with Crippen LogP contribution in [0.15, 0.2) is 12.1 Å². The van der Waals surface area contributed by atoms with Crippen LogP contribution < -0.4 is 5.84 Å². The zero-order valence-corrected chi connectivity index (χ0v) is 11.4. The number of nitrogens with zero attached hydrogens (tertiary/aromatic N) is 2. The summed E-state index contributed by atoms with van der Waals surface area (Å²) in [5.74, 6) is 5.66. The molecule has 4 heteroatoms. The predicted molar refractivity (Wildman–Crippen MR) is 72.0 cm³/mol. The highest BCUT2D eigenvalue weighted by Gasteiger charge is 2.24. The summed E-state index contributed by atoms with van der Waals surface area (Å²) in [6.07, 6.45) is 0.937. The number of rotatable bonds is 2. The highest BCUT2D eigenvalue weighted by molar-refractivity contribution is 5.74. The van der Waals surface area contributed by atoms with Crippen LogP contribution in [-0.4, -0.2) is 29.0 Å². The maximum absolute atomic E-state index is 11.9. The van der Waals surface area contributed by atoms with Crippen molar-refractivity contribution in [2.45, 2.75) is 33.7 Å². The maximum atomic E-state index is 11.9. The second-order valence-electron chi connectivity index (χ2n) is 5.13. The van der Waals surface area contributed by atoms with E-state index in [0.717, 1.165) is 13.0 Å². The summed E-state index contributed by atoms with van der Waals surface area (Å²) in [5.41, 5.74) is 4.99. The standard InChI is InChI=1S/C14H21N3O/c1-10-7-11(2)13(12(3)8-10)9-16-5-4-6-17(15)14(16)18/h7-8H,4-6,9,15H2,1-3H3. The molecule has 0 bridgehead atoms. The Morgan fingerprint density at radius 1 is 1.17 bits per heavy atom. The minimum absolute atomic E-state index is 0.0689. The molecule has 0 atom stereocenters. The van der Waals surface area contributed by atoms with Crippen LogP contribution in [-0.2, 0) is 6.54 Å². The lowest BCUT2D eigenvalue weighted by Gasteiger charge is -2.33. The number of hydrazine groups is 1. The number of benzene rings is 1. The van der Waals surface area contributed by atoms with E-state index >= 15 is 0 Å². The fourth-order valence-corrected chi connectivity index (χ4v) is 2.60. The molecule has 1 aliphatic rings. The quantitative estimate of drug-likeness (QED) is 0.643. The van der Waals surface area contributed by atoms with Gasteiger partial charge in [0.2, 0.25) is 0 Å². The fourth-order valence-electron chi connectivity index (χ4n) is 2.60. The molecule has 0 saturated carbocycles. The van der Waals surface area contributed by atoms with Crippen molar-refractivity contribution >= 4 is 6.03 Å². The summed E-state index contributed by atoms with van der Waals surface area (Å²) in [4.78, 5) is 13.8. The molecule has 0 unspecified atom stereocenters. The Balaban J connectivity index is 2.21. The molecule has 4 nitrogen and oxygen atoms in total. The SMILES string of the molecule is Cc1cc(C)c(CN2CCCN(N)C2=O)c(C)c1. The monoisotopic (exact) mass is 247 g/mol. The van der Waals surface area contributed by atoms with Crippen LogP contribution in [0.3, 0.4) is 0 Å². The van der Waals surface area contributed by atoms with Crippen LogP contribution in [0.2, 0.25) is 0 Å². The van der Waals surface area contributed by atoms with Gasteiger partial charge in [-0.3, -0.25) is 5.01 Å². The Hall–Kier alpha value is -1.55. The number of carbonyl (C=O) groups is 1. The highest BCUT2D eigenvalue weighted by atomic mass is 16.2. The molecular formula is C14H21N3O. The average Bonchev–Trinajstić information content (AvgIpc) is 2.28. The van der Waals surface area contributed by atoms with Gasteiger partial charge >= 0.3 is 6.03 Å². The molecule has 1 heterocycles. The lowest BCUT2D eigenvalue weighted by molar-refractivity contribution is 0.127. The van der Waals surface area contributed by atoms with Gasteiger partial charge in [-0.25, -0.2) is 10.6 Å². The summed E-state index contributed by atoms with van der Waals surface area (Å²) in [6, 6.07) is 4.26. The zero-order valence-electron chi connectivity index (χ0n) is 11.4. The Morgan fingerprint density at radius 3 is 2.39 bits per heavy atom. The second kappa shape index (κ2) is 4.98. The lowest BCUT2D eigenvalue weighted by atomic mass is 9.99. The van der Waals surface area contributed by atoms with E-state index in [1.54, 1.807) is 0 Å². The van der Waals surface area contributed by atoms with Crippen molar-refractivity contribution in [1.29, 1.82) is 0 Å². The van der Waals surface area contributed by atoms with Crippen LogP contribution in [0.1, 0.15) is 28.7 Å². The van der Waals surface area contributed by atoms with Crippen molar-refractivity contribution in [2.75, 3.05) is 13.1 Å². The second-order valence-corrected chi connectivity index (χ2v) is 5.13. The first-order chi connectivity index (χ1) is 8.49. The third-order valence-corrected chi connectivity index (χ3v) is 3.53. The van der Waals surface area contributed by atoms with E-state index in [1.165, 1.54) is 27.3 Å². The maximum Gasteiger partial charge on any atom is 0.334 e. The van der Waals surface area contributed by atoms with Gasteiger partial charge in [-0.1, -0.05) is 17.7 Å². The first-order valence-corrected chi connectivity index (χ1v) is 6.37. The van der Waals surface area contributed by atoms with Gasteiger partial charge in [-0.05, 0) is 43.9 Å². The number of amides is 2. The van der Waals surface area contributed by atoms with E-state index in [1.807, 2.05) is 4.90 Å². The highest BCUT2D eigenvalue weighted by Crippen LogP contribution is 2.20. The van der Waals surface area contributed by atoms with Gasteiger partial charge in [-0.15, -0.1) is 0 Å². The summed E-state index contributed by atoms with van der Waals surface area (Å²) in [7, 11) is 0. The first-order valence-electron chi connectivity index (χ1n) is 6.37. The molecule has 98 valence electrons. The summed E-state index contributed by atoms with van der Waals surface area (Å²) < 4.78 is 0. The van der Waals surface area contributed by atoms with E-state index < -0.39 is 0 Å². The Labute approximate surface area is 108 Å². The van der Waals surface area contributed by atoms with Gasteiger partial charge in [0.05, 0.1) is 0 Å². The fraction of sp³-hybridized carbons (Fsp3) is 0.500. The predicted octanol–water partition coefficient (Wildman–Crippen LogP) is 2.11. The third-order valence-electron chi connectivity index (χ3n) is 3.53. The Kier molecular flexibility index (Phi) is 3.57. The third kappa shape index (κ3) is 2.48. The van der Waals surface area contributed by atoms with Crippen LogP contribution in [0.4, 0.5) is 4.79 Å². The van der Waals surface area contributed by atoms with E-state index in [4.69, 9.17) is 5.84 Å². The number of aryl methyl sites for hydroxylation is 3. The topological polar surface area (TPSA) is 49.6 Å². The van der Waals surface area contributed by atoms with Crippen LogP contribution in [0, 0.1) is 20.8 Å². The number of hydrogen-bond donors (Lipinski definition) is 1.